The molecule has 106 valence electrons. The SMILES string of the molecule is CCN(c1nccc(C)c1Br)C1CCCCC1CN. The number of nitrogens with two attached hydrogens (primary N) is 1. The molecule has 2 atom stereocenters. The van der Waals surface area contributed by atoms with E-state index < -0.39 is 0 Å². The van der Waals surface area contributed by atoms with Crippen LogP contribution in [0.4, 0.5) is 5.82 Å². The third-order valence-electron chi connectivity index (χ3n) is 4.25. The second-order valence-corrected chi connectivity index (χ2v) is 6.19. The molecule has 1 aliphatic rings. The zero-order valence-electron chi connectivity index (χ0n) is 11.9. The summed E-state index contributed by atoms with van der Waals surface area (Å²) in [5, 5.41) is 0. The van der Waals surface area contributed by atoms with Crippen LogP contribution in [0.5, 0.6) is 0 Å². The molecule has 0 bridgehead atoms. The van der Waals surface area contributed by atoms with Crippen molar-refractivity contribution in [3.8, 4) is 0 Å². The molecule has 0 spiro atoms. The minimum absolute atomic E-state index is 0.536. The van der Waals surface area contributed by atoms with Gasteiger partial charge in [0.15, 0.2) is 0 Å². The van der Waals surface area contributed by atoms with Crippen LogP contribution in [-0.4, -0.2) is 24.1 Å². The van der Waals surface area contributed by atoms with Gasteiger partial charge in [-0.2, -0.15) is 0 Å². The number of halogens is 1. The molecule has 1 aromatic rings. The third-order valence-corrected chi connectivity index (χ3v) is 5.23. The molecule has 1 saturated carbocycles. The number of anilines is 1. The molecule has 1 aliphatic carbocycles. The van der Waals surface area contributed by atoms with Gasteiger partial charge in [0.2, 0.25) is 0 Å². The van der Waals surface area contributed by atoms with E-state index in [0.29, 0.717) is 12.0 Å². The predicted molar refractivity (Wildman–Crippen MR) is 84.5 cm³/mol. The largest absolute Gasteiger partial charge is 0.353 e. The molecule has 1 heterocycles. The molecule has 2 rings (SSSR count). The van der Waals surface area contributed by atoms with E-state index >= 15 is 0 Å². The Labute approximate surface area is 124 Å². The molecule has 0 aliphatic heterocycles. The highest BCUT2D eigenvalue weighted by atomic mass is 79.9. The van der Waals surface area contributed by atoms with Gasteiger partial charge in [0.1, 0.15) is 5.82 Å². The summed E-state index contributed by atoms with van der Waals surface area (Å²) in [6.07, 6.45) is 7.01. The zero-order chi connectivity index (χ0) is 13.8. The number of pyridine rings is 1. The number of aryl methyl sites for hydroxylation is 1. The molecule has 3 nitrogen and oxygen atoms in total. The molecule has 4 heteroatoms. The lowest BCUT2D eigenvalue weighted by molar-refractivity contribution is 0.299. The van der Waals surface area contributed by atoms with Gasteiger partial charge in [-0.1, -0.05) is 12.8 Å². The highest BCUT2D eigenvalue weighted by Crippen LogP contribution is 2.34. The summed E-state index contributed by atoms with van der Waals surface area (Å²) in [5.41, 5.74) is 7.21. The van der Waals surface area contributed by atoms with Gasteiger partial charge in [0.25, 0.3) is 0 Å². The quantitative estimate of drug-likeness (QED) is 0.921. The lowest BCUT2D eigenvalue weighted by atomic mass is 9.83. The van der Waals surface area contributed by atoms with Crippen molar-refractivity contribution in [1.82, 2.24) is 4.98 Å². The maximum Gasteiger partial charge on any atom is 0.143 e. The minimum atomic E-state index is 0.536. The molecule has 1 fully saturated rings. The van der Waals surface area contributed by atoms with Crippen LogP contribution in [0.3, 0.4) is 0 Å². The van der Waals surface area contributed by atoms with E-state index in [-0.39, 0.29) is 0 Å². The average Bonchev–Trinajstić information content (AvgIpc) is 2.45. The van der Waals surface area contributed by atoms with Crippen molar-refractivity contribution >= 4 is 21.7 Å². The van der Waals surface area contributed by atoms with Crippen molar-refractivity contribution in [3.05, 3.63) is 22.3 Å². The van der Waals surface area contributed by atoms with Crippen molar-refractivity contribution in [2.24, 2.45) is 11.7 Å². The van der Waals surface area contributed by atoms with Crippen LogP contribution in [0.25, 0.3) is 0 Å². The van der Waals surface area contributed by atoms with E-state index in [2.05, 4.69) is 39.7 Å². The van der Waals surface area contributed by atoms with E-state index in [1.54, 1.807) is 0 Å². The molecule has 0 aromatic carbocycles. The highest BCUT2D eigenvalue weighted by Gasteiger charge is 2.30. The van der Waals surface area contributed by atoms with E-state index in [1.807, 2.05) is 12.3 Å². The van der Waals surface area contributed by atoms with Gasteiger partial charge in [0.05, 0.1) is 4.47 Å². The summed E-state index contributed by atoms with van der Waals surface area (Å²) in [7, 11) is 0. The van der Waals surface area contributed by atoms with Crippen molar-refractivity contribution in [1.29, 1.82) is 0 Å². The Bertz CT molecular complexity index is 422. The topological polar surface area (TPSA) is 42.2 Å². The van der Waals surface area contributed by atoms with E-state index in [4.69, 9.17) is 5.73 Å². The Hall–Kier alpha value is -0.610. The first kappa shape index (κ1) is 14.8. The molecule has 19 heavy (non-hydrogen) atoms. The molecular formula is C15H24BrN3. The van der Waals surface area contributed by atoms with Crippen molar-refractivity contribution in [2.45, 2.75) is 45.6 Å². The monoisotopic (exact) mass is 325 g/mol. The van der Waals surface area contributed by atoms with Gasteiger partial charge in [-0.05, 0) is 66.7 Å². The van der Waals surface area contributed by atoms with Crippen molar-refractivity contribution in [3.63, 3.8) is 0 Å². The van der Waals surface area contributed by atoms with Crippen LogP contribution < -0.4 is 10.6 Å². The molecule has 0 saturated heterocycles. The number of aromatic nitrogens is 1. The molecule has 0 amide bonds. The molecule has 2 unspecified atom stereocenters. The van der Waals surface area contributed by atoms with Crippen LogP contribution in [0.2, 0.25) is 0 Å². The van der Waals surface area contributed by atoms with E-state index in [1.165, 1.54) is 31.2 Å². The van der Waals surface area contributed by atoms with Crippen LogP contribution in [0, 0.1) is 12.8 Å². The van der Waals surface area contributed by atoms with Gasteiger partial charge < -0.3 is 10.6 Å². The summed E-state index contributed by atoms with van der Waals surface area (Å²) in [6.45, 7) is 6.09. The maximum atomic E-state index is 5.97. The lowest BCUT2D eigenvalue weighted by Crippen LogP contribution is -2.45. The highest BCUT2D eigenvalue weighted by molar-refractivity contribution is 9.10. The Morgan fingerprint density at radius 1 is 1.42 bits per heavy atom. The lowest BCUT2D eigenvalue weighted by Gasteiger charge is -2.40. The second-order valence-electron chi connectivity index (χ2n) is 5.40. The number of nitrogens with zero attached hydrogens (tertiary/aromatic N) is 2. The number of hydrogen-bond acceptors (Lipinski definition) is 3. The van der Waals surface area contributed by atoms with E-state index in [0.717, 1.165) is 23.4 Å². The van der Waals surface area contributed by atoms with Gasteiger partial charge in [-0.25, -0.2) is 4.98 Å². The standard InChI is InChI=1S/C15H24BrN3/c1-3-19(13-7-5-4-6-12(13)10-17)15-14(16)11(2)8-9-18-15/h8-9,12-13H,3-7,10,17H2,1-2H3. The van der Waals surface area contributed by atoms with Crippen LogP contribution >= 0.6 is 15.9 Å². The summed E-state index contributed by atoms with van der Waals surface area (Å²) in [6, 6.07) is 2.58. The maximum absolute atomic E-state index is 5.97. The molecule has 0 radical (unpaired) electrons. The summed E-state index contributed by atoms with van der Waals surface area (Å²) in [5.74, 6) is 1.68. The number of rotatable bonds is 4. The first-order valence-electron chi connectivity index (χ1n) is 7.26. The summed E-state index contributed by atoms with van der Waals surface area (Å²) >= 11 is 3.69. The minimum Gasteiger partial charge on any atom is -0.353 e. The Kier molecular flexibility index (Phi) is 5.22. The molecule has 1 aromatic heterocycles. The summed E-state index contributed by atoms with van der Waals surface area (Å²) in [4.78, 5) is 7.03. The van der Waals surface area contributed by atoms with Gasteiger partial charge in [-0.15, -0.1) is 0 Å². The van der Waals surface area contributed by atoms with Gasteiger partial charge in [-0.3, -0.25) is 0 Å². The van der Waals surface area contributed by atoms with Gasteiger partial charge in [0, 0.05) is 18.8 Å². The zero-order valence-corrected chi connectivity index (χ0v) is 13.5. The summed E-state index contributed by atoms with van der Waals surface area (Å²) < 4.78 is 1.12. The van der Waals surface area contributed by atoms with Crippen molar-refractivity contribution in [2.75, 3.05) is 18.0 Å². The van der Waals surface area contributed by atoms with E-state index in [9.17, 15) is 0 Å². The average molecular weight is 326 g/mol. The Morgan fingerprint density at radius 2 is 2.16 bits per heavy atom. The first-order chi connectivity index (χ1) is 9.19. The van der Waals surface area contributed by atoms with Crippen LogP contribution in [0.15, 0.2) is 16.7 Å². The second kappa shape index (κ2) is 6.71. The van der Waals surface area contributed by atoms with Gasteiger partial charge >= 0.3 is 0 Å². The van der Waals surface area contributed by atoms with Crippen LogP contribution in [0.1, 0.15) is 38.2 Å². The number of hydrogen-bond donors (Lipinski definition) is 1. The smallest absolute Gasteiger partial charge is 0.143 e. The molecule has 2 N–H and O–H groups in total. The third kappa shape index (κ3) is 3.11. The molecular weight excluding hydrogens is 302 g/mol. The Morgan fingerprint density at radius 3 is 2.84 bits per heavy atom. The first-order valence-corrected chi connectivity index (χ1v) is 8.06. The fourth-order valence-electron chi connectivity index (χ4n) is 3.14. The fourth-order valence-corrected chi connectivity index (χ4v) is 3.60. The fraction of sp³-hybridized carbons (Fsp3) is 0.667. The van der Waals surface area contributed by atoms with Crippen LogP contribution in [-0.2, 0) is 0 Å². The predicted octanol–water partition coefficient (Wildman–Crippen LogP) is 3.50. The Balaban J connectivity index is 2.30. The van der Waals surface area contributed by atoms with Crippen molar-refractivity contribution < 1.29 is 0 Å². The normalized spacial score (nSPS) is 23.4.